The molecule has 0 aliphatic heterocycles. The Kier molecular flexibility index (Phi) is 12.5. The van der Waals surface area contributed by atoms with Crippen molar-refractivity contribution in [1.29, 1.82) is 0 Å². The van der Waals surface area contributed by atoms with Crippen LogP contribution in [0.25, 0.3) is 12.2 Å². The van der Waals surface area contributed by atoms with Gasteiger partial charge in [0.1, 0.15) is 23.0 Å². The second kappa shape index (κ2) is 17.0. The zero-order valence-electron chi connectivity index (χ0n) is 25.6. The molecule has 0 radical (unpaired) electrons. The molecule has 0 heterocycles. The summed E-state index contributed by atoms with van der Waals surface area (Å²) in [6.45, 7) is 6.33. The predicted octanol–water partition coefficient (Wildman–Crippen LogP) is 12.6. The average Bonchev–Trinajstić information content (AvgIpc) is 3.02. The highest BCUT2D eigenvalue weighted by Gasteiger charge is 2.15. The maximum Gasteiger partial charge on any atom is 0.134 e. The van der Waals surface area contributed by atoms with Crippen LogP contribution in [0.3, 0.4) is 0 Å². The van der Waals surface area contributed by atoms with E-state index in [4.69, 9.17) is 9.47 Å². The Morgan fingerprint density at radius 3 is 1.40 bits per heavy atom. The van der Waals surface area contributed by atoms with Crippen LogP contribution in [0.4, 0.5) is 0 Å². The first-order valence-electron chi connectivity index (χ1n) is 15.7. The molecule has 0 spiro atoms. The van der Waals surface area contributed by atoms with Crippen LogP contribution in [0.1, 0.15) is 100 Å². The summed E-state index contributed by atoms with van der Waals surface area (Å²) in [7, 11) is 0. The maximum absolute atomic E-state index is 6.27. The molecule has 4 rings (SSSR count). The average molecular weight is 559 g/mol. The molecule has 0 bridgehead atoms. The van der Waals surface area contributed by atoms with Gasteiger partial charge in [-0.3, -0.25) is 0 Å². The Bertz CT molecular complexity index is 1300. The summed E-state index contributed by atoms with van der Waals surface area (Å²) in [6, 6.07) is 33.7. The first-order chi connectivity index (χ1) is 20.7. The van der Waals surface area contributed by atoms with Gasteiger partial charge < -0.3 is 9.47 Å². The van der Waals surface area contributed by atoms with Gasteiger partial charge in [-0.25, -0.2) is 0 Å². The summed E-state index contributed by atoms with van der Waals surface area (Å²) >= 11 is 0. The third-order valence-electron chi connectivity index (χ3n) is 7.65. The van der Waals surface area contributed by atoms with Crippen LogP contribution in [0.2, 0.25) is 0 Å². The highest BCUT2D eigenvalue weighted by Crippen LogP contribution is 2.35. The summed E-state index contributed by atoms with van der Waals surface area (Å²) in [5.74, 6) is 3.78. The molecule has 0 amide bonds. The maximum atomic E-state index is 6.27. The standard InChI is InChI=1S/C40H46O2/c1-4-7-8-9-10-11-12-21-38(32-24-28-36(29-25-32)41-39-22-15-13-19-34(39)17-5-2)33-26-30-37(31-27-33)42-40-23-16-14-20-35(40)18-6-3/h5-6,13-20,22-31,38H,4,7-12,21H2,1-3H3. The largest absolute Gasteiger partial charge is 0.457 e. The third kappa shape index (κ3) is 9.24. The molecule has 0 unspecified atom stereocenters. The zero-order valence-corrected chi connectivity index (χ0v) is 25.6. The van der Waals surface area contributed by atoms with Gasteiger partial charge in [0.15, 0.2) is 0 Å². The van der Waals surface area contributed by atoms with Crippen LogP contribution in [-0.4, -0.2) is 0 Å². The summed E-state index contributed by atoms with van der Waals surface area (Å²) in [4.78, 5) is 0. The van der Waals surface area contributed by atoms with Crippen molar-refractivity contribution in [2.75, 3.05) is 0 Å². The lowest BCUT2D eigenvalue weighted by Gasteiger charge is -2.19. The fraction of sp³-hybridized carbons (Fsp3) is 0.300. The molecule has 2 heteroatoms. The Hall–Kier alpha value is -4.04. The van der Waals surface area contributed by atoms with Crippen LogP contribution < -0.4 is 9.47 Å². The van der Waals surface area contributed by atoms with E-state index in [9.17, 15) is 0 Å². The topological polar surface area (TPSA) is 18.5 Å². The SMILES string of the molecule is CC=Cc1ccccc1Oc1ccc(C(CCCCCCCCC)c2ccc(Oc3ccccc3C=CC)cc2)cc1. The molecule has 0 aromatic heterocycles. The molecule has 0 saturated heterocycles. The van der Waals surface area contributed by atoms with Crippen LogP contribution in [-0.2, 0) is 0 Å². The van der Waals surface area contributed by atoms with Gasteiger partial charge in [-0.15, -0.1) is 0 Å². The minimum absolute atomic E-state index is 0.328. The van der Waals surface area contributed by atoms with Gasteiger partial charge in [0.25, 0.3) is 0 Å². The van der Waals surface area contributed by atoms with E-state index in [1.54, 1.807) is 0 Å². The summed E-state index contributed by atoms with van der Waals surface area (Å²) < 4.78 is 12.5. The first kappa shape index (κ1) is 30.9. The molecule has 2 nitrogen and oxygen atoms in total. The highest BCUT2D eigenvalue weighted by molar-refractivity contribution is 5.58. The molecule has 0 aliphatic rings. The van der Waals surface area contributed by atoms with Crippen molar-refractivity contribution in [1.82, 2.24) is 0 Å². The number of allylic oxidation sites excluding steroid dienone is 2. The van der Waals surface area contributed by atoms with Crippen LogP contribution >= 0.6 is 0 Å². The van der Waals surface area contributed by atoms with E-state index in [0.29, 0.717) is 5.92 Å². The molecular formula is C40H46O2. The summed E-state index contributed by atoms with van der Waals surface area (Å²) in [6.07, 6.45) is 18.5. The van der Waals surface area contributed by atoms with Crippen molar-refractivity contribution < 1.29 is 9.47 Å². The number of ether oxygens (including phenoxy) is 2. The normalized spacial score (nSPS) is 12.2. The lowest BCUT2D eigenvalue weighted by Crippen LogP contribution is -2.02. The van der Waals surface area contributed by atoms with Gasteiger partial charge in [0, 0.05) is 17.0 Å². The van der Waals surface area contributed by atoms with Gasteiger partial charge >= 0.3 is 0 Å². The Morgan fingerprint density at radius 2 is 0.952 bits per heavy atom. The molecule has 4 aromatic rings. The fourth-order valence-electron chi connectivity index (χ4n) is 5.40. The molecule has 0 saturated carbocycles. The summed E-state index contributed by atoms with van der Waals surface area (Å²) in [5, 5.41) is 0. The number of hydrogen-bond acceptors (Lipinski definition) is 2. The number of benzene rings is 4. The summed E-state index contributed by atoms with van der Waals surface area (Å²) in [5.41, 5.74) is 4.80. The van der Waals surface area contributed by atoms with Crippen molar-refractivity contribution >= 4 is 12.2 Å². The van der Waals surface area contributed by atoms with Crippen LogP contribution in [0, 0.1) is 0 Å². The second-order valence-corrected chi connectivity index (χ2v) is 10.9. The lowest BCUT2D eigenvalue weighted by molar-refractivity contribution is 0.480. The monoisotopic (exact) mass is 558 g/mol. The Morgan fingerprint density at radius 1 is 0.524 bits per heavy atom. The van der Waals surface area contributed by atoms with E-state index >= 15 is 0 Å². The lowest BCUT2D eigenvalue weighted by atomic mass is 9.86. The second-order valence-electron chi connectivity index (χ2n) is 10.9. The number of rotatable bonds is 16. The predicted molar refractivity (Wildman–Crippen MR) is 180 cm³/mol. The molecular weight excluding hydrogens is 512 g/mol. The van der Waals surface area contributed by atoms with Crippen LogP contribution in [0.5, 0.6) is 23.0 Å². The number of para-hydroxylation sites is 2. The molecule has 0 atom stereocenters. The molecule has 0 aliphatic carbocycles. The number of unbranched alkanes of at least 4 members (excludes halogenated alkanes) is 6. The van der Waals surface area contributed by atoms with Crippen molar-refractivity contribution in [2.45, 2.75) is 78.1 Å². The van der Waals surface area contributed by atoms with Crippen molar-refractivity contribution in [3.8, 4) is 23.0 Å². The van der Waals surface area contributed by atoms with E-state index in [-0.39, 0.29) is 0 Å². The Labute approximate surface area is 253 Å². The van der Waals surface area contributed by atoms with Crippen LogP contribution in [0.15, 0.2) is 109 Å². The van der Waals surface area contributed by atoms with E-state index < -0.39 is 0 Å². The third-order valence-corrected chi connectivity index (χ3v) is 7.65. The molecule has 4 aromatic carbocycles. The minimum atomic E-state index is 0.328. The molecule has 0 N–H and O–H groups in total. The Balaban J connectivity index is 1.49. The van der Waals surface area contributed by atoms with Gasteiger partial charge in [-0.05, 0) is 67.8 Å². The van der Waals surface area contributed by atoms with E-state index in [1.165, 1.54) is 56.1 Å². The first-order valence-corrected chi connectivity index (χ1v) is 15.7. The fourth-order valence-corrected chi connectivity index (χ4v) is 5.40. The smallest absolute Gasteiger partial charge is 0.134 e. The van der Waals surface area contributed by atoms with Crippen molar-refractivity contribution in [2.24, 2.45) is 0 Å². The minimum Gasteiger partial charge on any atom is -0.457 e. The zero-order chi connectivity index (χ0) is 29.4. The van der Waals surface area contributed by atoms with Crippen molar-refractivity contribution in [3.63, 3.8) is 0 Å². The molecule has 42 heavy (non-hydrogen) atoms. The van der Waals surface area contributed by atoms with E-state index in [0.717, 1.165) is 40.5 Å². The highest BCUT2D eigenvalue weighted by atomic mass is 16.5. The quantitative estimate of drug-likeness (QED) is 0.127. The number of hydrogen-bond donors (Lipinski definition) is 0. The van der Waals surface area contributed by atoms with Crippen molar-refractivity contribution in [3.05, 3.63) is 131 Å². The molecule has 0 fully saturated rings. The van der Waals surface area contributed by atoms with Gasteiger partial charge in [-0.1, -0.05) is 137 Å². The van der Waals surface area contributed by atoms with Gasteiger partial charge in [-0.2, -0.15) is 0 Å². The van der Waals surface area contributed by atoms with E-state index in [1.807, 2.05) is 62.4 Å². The van der Waals surface area contributed by atoms with E-state index in [2.05, 4.69) is 79.7 Å². The van der Waals surface area contributed by atoms with Gasteiger partial charge in [0.2, 0.25) is 0 Å². The van der Waals surface area contributed by atoms with Gasteiger partial charge in [0.05, 0.1) is 0 Å². The molecule has 218 valence electrons.